The Hall–Kier alpha value is -2.62. The van der Waals surface area contributed by atoms with Gasteiger partial charge in [-0.05, 0) is 30.5 Å². The maximum atomic E-state index is 14.0. The van der Waals surface area contributed by atoms with Crippen LogP contribution in [0.25, 0.3) is 22.2 Å². The molecule has 112 valence electrons. The number of carboxylic acid groups (broad SMARTS) is 1. The molecule has 0 bridgehead atoms. The van der Waals surface area contributed by atoms with E-state index >= 15 is 0 Å². The van der Waals surface area contributed by atoms with Crippen molar-refractivity contribution in [2.75, 3.05) is 0 Å². The van der Waals surface area contributed by atoms with Crippen molar-refractivity contribution in [1.82, 2.24) is 4.98 Å². The lowest BCUT2D eigenvalue weighted by Gasteiger charge is -2.04. The molecular weight excluding hydrogens is 281 g/mol. The highest BCUT2D eigenvalue weighted by atomic mass is 19.1. The SMILES string of the molecule is Cc1ccc(-c2[nH]c3c(F)cccc3c2CCC(=O)O)cc1. The Morgan fingerprint density at radius 1 is 1.18 bits per heavy atom. The molecule has 0 aliphatic rings. The molecule has 0 spiro atoms. The summed E-state index contributed by atoms with van der Waals surface area (Å²) in [5.41, 5.74) is 4.14. The first kappa shape index (κ1) is 14.3. The average molecular weight is 297 g/mol. The largest absolute Gasteiger partial charge is 0.481 e. The number of hydrogen-bond donors (Lipinski definition) is 2. The van der Waals surface area contributed by atoms with Crippen molar-refractivity contribution in [2.45, 2.75) is 19.8 Å². The van der Waals surface area contributed by atoms with E-state index in [4.69, 9.17) is 5.11 Å². The van der Waals surface area contributed by atoms with Gasteiger partial charge in [-0.25, -0.2) is 4.39 Å². The molecule has 1 aromatic heterocycles. The van der Waals surface area contributed by atoms with Crippen LogP contribution in [0.2, 0.25) is 0 Å². The Morgan fingerprint density at radius 3 is 2.59 bits per heavy atom. The van der Waals surface area contributed by atoms with Gasteiger partial charge in [0.15, 0.2) is 0 Å². The van der Waals surface area contributed by atoms with Gasteiger partial charge in [0.2, 0.25) is 0 Å². The van der Waals surface area contributed by atoms with Gasteiger partial charge in [0.05, 0.1) is 5.52 Å². The number of aliphatic carboxylic acids is 1. The van der Waals surface area contributed by atoms with Gasteiger partial charge in [-0.3, -0.25) is 4.79 Å². The van der Waals surface area contributed by atoms with Crippen molar-refractivity contribution in [3.63, 3.8) is 0 Å². The second-order valence-corrected chi connectivity index (χ2v) is 5.40. The quantitative estimate of drug-likeness (QED) is 0.754. The molecular formula is C18H16FNO2. The van der Waals surface area contributed by atoms with Crippen LogP contribution >= 0.6 is 0 Å². The van der Waals surface area contributed by atoms with Crippen molar-refractivity contribution in [3.05, 3.63) is 59.4 Å². The molecule has 3 nitrogen and oxygen atoms in total. The van der Waals surface area contributed by atoms with Gasteiger partial charge in [-0.2, -0.15) is 0 Å². The highest BCUT2D eigenvalue weighted by Gasteiger charge is 2.16. The second-order valence-electron chi connectivity index (χ2n) is 5.40. The molecule has 0 unspecified atom stereocenters. The Kier molecular flexibility index (Phi) is 3.67. The molecule has 22 heavy (non-hydrogen) atoms. The van der Waals surface area contributed by atoms with Crippen molar-refractivity contribution in [3.8, 4) is 11.3 Å². The van der Waals surface area contributed by atoms with Crippen LogP contribution in [0.3, 0.4) is 0 Å². The molecule has 0 saturated heterocycles. The zero-order chi connectivity index (χ0) is 15.7. The molecule has 0 aliphatic heterocycles. The number of carbonyl (C=O) groups is 1. The van der Waals surface area contributed by atoms with E-state index in [-0.39, 0.29) is 12.2 Å². The molecule has 0 fully saturated rings. The van der Waals surface area contributed by atoms with E-state index in [2.05, 4.69) is 4.98 Å². The molecule has 2 aromatic carbocycles. The number of rotatable bonds is 4. The van der Waals surface area contributed by atoms with E-state index in [9.17, 15) is 9.18 Å². The van der Waals surface area contributed by atoms with Gasteiger partial charge in [0.1, 0.15) is 5.82 Å². The number of nitrogens with one attached hydrogen (secondary N) is 1. The lowest BCUT2D eigenvalue weighted by Crippen LogP contribution is -1.98. The summed E-state index contributed by atoms with van der Waals surface area (Å²) >= 11 is 0. The van der Waals surface area contributed by atoms with Gasteiger partial charge in [0, 0.05) is 17.5 Å². The summed E-state index contributed by atoms with van der Waals surface area (Å²) in [5, 5.41) is 9.70. The molecule has 0 amide bonds. The van der Waals surface area contributed by atoms with Crippen LogP contribution < -0.4 is 0 Å². The first-order valence-corrected chi connectivity index (χ1v) is 7.14. The summed E-state index contributed by atoms with van der Waals surface area (Å²) in [6.45, 7) is 2.00. The van der Waals surface area contributed by atoms with Gasteiger partial charge in [0.25, 0.3) is 0 Å². The summed E-state index contributed by atoms with van der Waals surface area (Å²) in [7, 11) is 0. The van der Waals surface area contributed by atoms with Crippen molar-refractivity contribution >= 4 is 16.9 Å². The highest BCUT2D eigenvalue weighted by Crippen LogP contribution is 2.32. The van der Waals surface area contributed by atoms with Gasteiger partial charge in [-0.1, -0.05) is 42.0 Å². The van der Waals surface area contributed by atoms with Crippen molar-refractivity contribution in [1.29, 1.82) is 0 Å². The number of carboxylic acids is 1. The zero-order valence-corrected chi connectivity index (χ0v) is 12.2. The number of para-hydroxylation sites is 1. The lowest BCUT2D eigenvalue weighted by molar-refractivity contribution is -0.136. The van der Waals surface area contributed by atoms with E-state index in [1.165, 1.54) is 6.07 Å². The minimum atomic E-state index is -0.861. The molecule has 2 N–H and O–H groups in total. The first-order chi connectivity index (χ1) is 10.6. The Labute approximate surface area is 127 Å². The standard InChI is InChI=1S/C18H16FNO2/c1-11-5-7-12(8-6-11)17-14(9-10-16(21)22)13-3-2-4-15(19)18(13)20-17/h2-8,20H,9-10H2,1H3,(H,21,22). The average Bonchev–Trinajstić information content (AvgIpc) is 2.86. The number of aryl methyl sites for hydroxylation is 2. The predicted octanol–water partition coefficient (Wildman–Crippen LogP) is 4.30. The Balaban J connectivity index is 2.18. The second kappa shape index (κ2) is 5.64. The van der Waals surface area contributed by atoms with Crippen LogP contribution in [-0.2, 0) is 11.2 Å². The highest BCUT2D eigenvalue weighted by molar-refractivity contribution is 5.91. The number of aromatic amines is 1. The smallest absolute Gasteiger partial charge is 0.303 e. The van der Waals surface area contributed by atoms with E-state index in [0.29, 0.717) is 11.9 Å². The summed E-state index contributed by atoms with van der Waals surface area (Å²) in [6, 6.07) is 12.8. The summed E-state index contributed by atoms with van der Waals surface area (Å²) in [4.78, 5) is 14.0. The number of aromatic nitrogens is 1. The number of benzene rings is 2. The fourth-order valence-corrected chi connectivity index (χ4v) is 2.70. The molecule has 0 saturated carbocycles. The molecule has 3 rings (SSSR count). The van der Waals surface area contributed by atoms with Crippen LogP contribution in [0, 0.1) is 12.7 Å². The molecule has 3 aromatic rings. The van der Waals surface area contributed by atoms with Crippen LogP contribution in [-0.4, -0.2) is 16.1 Å². The number of hydrogen-bond acceptors (Lipinski definition) is 1. The third-order valence-corrected chi connectivity index (χ3v) is 3.82. The third-order valence-electron chi connectivity index (χ3n) is 3.82. The normalized spacial score (nSPS) is 11.0. The van der Waals surface area contributed by atoms with Crippen LogP contribution in [0.4, 0.5) is 4.39 Å². The van der Waals surface area contributed by atoms with E-state index in [0.717, 1.165) is 27.8 Å². The summed E-state index contributed by atoms with van der Waals surface area (Å²) < 4.78 is 14.0. The predicted molar refractivity (Wildman–Crippen MR) is 84.4 cm³/mol. The van der Waals surface area contributed by atoms with E-state index in [1.807, 2.05) is 37.3 Å². The number of H-pyrrole nitrogens is 1. The van der Waals surface area contributed by atoms with Gasteiger partial charge in [-0.15, -0.1) is 0 Å². The van der Waals surface area contributed by atoms with Crippen molar-refractivity contribution < 1.29 is 14.3 Å². The van der Waals surface area contributed by atoms with Gasteiger partial charge < -0.3 is 10.1 Å². The zero-order valence-electron chi connectivity index (χ0n) is 12.2. The molecule has 0 atom stereocenters. The minimum Gasteiger partial charge on any atom is -0.481 e. The van der Waals surface area contributed by atoms with Crippen LogP contribution in [0.1, 0.15) is 17.5 Å². The maximum Gasteiger partial charge on any atom is 0.303 e. The fourth-order valence-electron chi connectivity index (χ4n) is 2.70. The number of halogens is 1. The Bertz CT molecular complexity index is 834. The van der Waals surface area contributed by atoms with Crippen LogP contribution in [0.5, 0.6) is 0 Å². The van der Waals surface area contributed by atoms with Crippen LogP contribution in [0.15, 0.2) is 42.5 Å². The molecule has 4 heteroatoms. The van der Waals surface area contributed by atoms with Gasteiger partial charge >= 0.3 is 5.97 Å². The lowest BCUT2D eigenvalue weighted by atomic mass is 10.0. The fraction of sp³-hybridized carbons (Fsp3) is 0.167. The van der Waals surface area contributed by atoms with E-state index in [1.54, 1.807) is 6.07 Å². The third kappa shape index (κ3) is 2.60. The molecule has 1 heterocycles. The van der Waals surface area contributed by atoms with E-state index < -0.39 is 5.97 Å². The topological polar surface area (TPSA) is 53.1 Å². The molecule has 0 aliphatic carbocycles. The minimum absolute atomic E-state index is 0.0162. The van der Waals surface area contributed by atoms with Crippen molar-refractivity contribution in [2.24, 2.45) is 0 Å². The maximum absolute atomic E-state index is 14.0. The monoisotopic (exact) mass is 297 g/mol. The first-order valence-electron chi connectivity index (χ1n) is 7.14. The molecule has 0 radical (unpaired) electrons. The summed E-state index contributed by atoms with van der Waals surface area (Å²) in [6.07, 6.45) is 0.379. The number of fused-ring (bicyclic) bond motifs is 1. The summed E-state index contributed by atoms with van der Waals surface area (Å²) in [5.74, 6) is -1.19. The Morgan fingerprint density at radius 2 is 1.91 bits per heavy atom.